The van der Waals surface area contributed by atoms with Gasteiger partial charge in [0.2, 0.25) is 0 Å². The lowest BCUT2D eigenvalue weighted by Gasteiger charge is -2.59. The van der Waals surface area contributed by atoms with Gasteiger partial charge in [0.15, 0.2) is 5.65 Å². The molecule has 4 saturated carbocycles. The van der Waals surface area contributed by atoms with E-state index in [-0.39, 0.29) is 17.2 Å². The zero-order valence-corrected chi connectivity index (χ0v) is 14.2. The summed E-state index contributed by atoms with van der Waals surface area (Å²) in [4.78, 5) is 23.1. The molecule has 4 fully saturated rings. The molecule has 5 atom stereocenters. The van der Waals surface area contributed by atoms with E-state index in [1.54, 1.807) is 6.33 Å². The normalized spacial score (nSPS) is 36.0. The highest BCUT2D eigenvalue weighted by Gasteiger charge is 2.55. The SMILES string of the molecule is COC12CC3C[C@H](C1)C(Nc1c(C(=O)O)cnc4nc[nH]c14)[C@@H](C3)C2. The van der Waals surface area contributed by atoms with Gasteiger partial charge in [-0.15, -0.1) is 0 Å². The number of imidazole rings is 1. The Morgan fingerprint density at radius 3 is 2.76 bits per heavy atom. The number of carbonyl (C=O) groups is 1. The third-order valence-corrected chi connectivity index (χ3v) is 6.65. The minimum atomic E-state index is -0.969. The molecule has 3 N–H and O–H groups in total. The number of methoxy groups -OCH3 is 1. The molecule has 2 heterocycles. The van der Waals surface area contributed by atoms with E-state index in [4.69, 9.17) is 4.74 Å². The summed E-state index contributed by atoms with van der Waals surface area (Å²) in [5.74, 6) is 0.834. The molecule has 3 unspecified atom stereocenters. The standard InChI is InChI=1S/C18H22N4O3/c1-25-18-4-9-2-10(5-18)13(11(3-9)6-18)22-14-12(17(23)24)7-19-16-15(14)20-8-21-16/h7-11,13H,2-6H2,1H3,(H,23,24)(H2,19,20,21,22)/t9?,10-,11+,13?,18?. The second kappa shape index (κ2) is 5.17. The van der Waals surface area contributed by atoms with E-state index in [0.717, 1.165) is 18.8 Å². The van der Waals surface area contributed by atoms with Crippen LogP contribution in [0.4, 0.5) is 5.69 Å². The first-order valence-corrected chi connectivity index (χ1v) is 8.95. The number of carboxylic acid groups (broad SMARTS) is 1. The maximum atomic E-state index is 11.7. The van der Waals surface area contributed by atoms with Gasteiger partial charge in [-0.1, -0.05) is 0 Å². The van der Waals surface area contributed by atoms with Gasteiger partial charge in [0.25, 0.3) is 0 Å². The molecule has 0 aromatic carbocycles. The first-order chi connectivity index (χ1) is 12.1. The molecule has 2 aromatic rings. The predicted molar refractivity (Wildman–Crippen MR) is 91.6 cm³/mol. The number of ether oxygens (including phenoxy) is 1. The van der Waals surface area contributed by atoms with Crippen molar-refractivity contribution < 1.29 is 14.6 Å². The second-order valence-corrected chi connectivity index (χ2v) is 7.98. The Morgan fingerprint density at radius 2 is 2.08 bits per heavy atom. The van der Waals surface area contributed by atoms with Crippen molar-refractivity contribution in [3.63, 3.8) is 0 Å². The number of aromatic carboxylic acids is 1. The van der Waals surface area contributed by atoms with Crippen molar-refractivity contribution in [1.82, 2.24) is 15.0 Å². The van der Waals surface area contributed by atoms with Gasteiger partial charge in [-0.05, 0) is 49.9 Å². The van der Waals surface area contributed by atoms with Gasteiger partial charge in [-0.25, -0.2) is 14.8 Å². The minimum absolute atomic E-state index is 0.0475. The van der Waals surface area contributed by atoms with Crippen LogP contribution in [0.1, 0.15) is 42.5 Å². The fourth-order valence-corrected chi connectivity index (χ4v) is 5.81. The number of hydrogen-bond donors (Lipinski definition) is 3. The van der Waals surface area contributed by atoms with Gasteiger partial charge < -0.3 is 20.1 Å². The minimum Gasteiger partial charge on any atom is -0.478 e. The molecule has 7 nitrogen and oxygen atoms in total. The molecule has 2 aromatic heterocycles. The smallest absolute Gasteiger partial charge is 0.339 e. The molecule has 4 aliphatic carbocycles. The Balaban J connectivity index is 1.52. The molecule has 0 spiro atoms. The van der Waals surface area contributed by atoms with Crippen molar-refractivity contribution in [3.05, 3.63) is 18.1 Å². The van der Waals surface area contributed by atoms with E-state index in [2.05, 4.69) is 20.3 Å². The summed E-state index contributed by atoms with van der Waals surface area (Å²) in [6.45, 7) is 0. The number of hydrogen-bond acceptors (Lipinski definition) is 5. The first kappa shape index (κ1) is 15.1. The summed E-state index contributed by atoms with van der Waals surface area (Å²) in [6, 6.07) is 0.284. The zero-order valence-electron chi connectivity index (χ0n) is 14.2. The number of anilines is 1. The molecule has 4 bridgehead atoms. The van der Waals surface area contributed by atoms with E-state index in [9.17, 15) is 9.90 Å². The van der Waals surface area contributed by atoms with Crippen molar-refractivity contribution in [1.29, 1.82) is 0 Å². The summed E-state index contributed by atoms with van der Waals surface area (Å²) in [5, 5.41) is 13.2. The summed E-state index contributed by atoms with van der Waals surface area (Å²) >= 11 is 0. The topological polar surface area (TPSA) is 100 Å². The summed E-state index contributed by atoms with van der Waals surface area (Å²) in [5.41, 5.74) is 2.09. The van der Waals surface area contributed by atoms with Crippen molar-refractivity contribution in [2.24, 2.45) is 17.8 Å². The maximum Gasteiger partial charge on any atom is 0.339 e. The average Bonchev–Trinajstić information content (AvgIpc) is 3.06. The van der Waals surface area contributed by atoms with Crippen molar-refractivity contribution >= 4 is 22.8 Å². The number of fused-ring (bicyclic) bond motifs is 1. The second-order valence-electron chi connectivity index (χ2n) is 7.98. The van der Waals surface area contributed by atoms with Crippen LogP contribution in [0.3, 0.4) is 0 Å². The van der Waals surface area contributed by atoms with E-state index in [0.29, 0.717) is 28.7 Å². The molecule has 0 amide bonds. The first-order valence-electron chi connectivity index (χ1n) is 8.95. The molecule has 0 saturated heterocycles. The molecule has 6 rings (SSSR count). The van der Waals surface area contributed by atoms with Gasteiger partial charge in [-0.2, -0.15) is 0 Å². The summed E-state index contributed by atoms with van der Waals surface area (Å²) in [6.07, 6.45) is 8.69. The lowest BCUT2D eigenvalue weighted by atomic mass is 9.52. The van der Waals surface area contributed by atoms with Gasteiger partial charge in [0.05, 0.1) is 17.6 Å². The molecular weight excluding hydrogens is 320 g/mol. The Bertz CT molecular complexity index is 832. The van der Waals surface area contributed by atoms with Crippen molar-refractivity contribution in [2.45, 2.75) is 43.7 Å². The van der Waals surface area contributed by atoms with Crippen LogP contribution in [0.2, 0.25) is 0 Å². The molecule has 4 aliphatic rings. The van der Waals surface area contributed by atoms with E-state index < -0.39 is 5.97 Å². The van der Waals surface area contributed by atoms with Crippen molar-refractivity contribution in [3.8, 4) is 0 Å². The Labute approximate surface area is 145 Å². The number of rotatable bonds is 4. The van der Waals surface area contributed by atoms with Gasteiger partial charge in [-0.3, -0.25) is 0 Å². The number of carboxylic acids is 1. The molecule has 0 radical (unpaired) electrons. The van der Waals surface area contributed by atoms with Crippen LogP contribution in [-0.4, -0.2) is 44.8 Å². The monoisotopic (exact) mass is 342 g/mol. The quantitative estimate of drug-likeness (QED) is 0.790. The number of aromatic nitrogens is 3. The van der Waals surface area contributed by atoms with E-state index in [1.807, 2.05) is 7.11 Å². The molecule has 132 valence electrons. The highest BCUT2D eigenvalue weighted by Crippen LogP contribution is 2.57. The fraction of sp³-hybridized carbons (Fsp3) is 0.611. The summed E-state index contributed by atoms with van der Waals surface area (Å²) < 4.78 is 5.92. The van der Waals surface area contributed by atoms with E-state index in [1.165, 1.54) is 25.5 Å². The maximum absolute atomic E-state index is 11.7. The lowest BCUT2D eigenvalue weighted by molar-refractivity contribution is -0.149. The highest BCUT2D eigenvalue weighted by atomic mass is 16.5. The number of aromatic amines is 1. The van der Waals surface area contributed by atoms with Crippen LogP contribution in [0.15, 0.2) is 12.5 Å². The average molecular weight is 342 g/mol. The van der Waals surface area contributed by atoms with Crippen molar-refractivity contribution in [2.75, 3.05) is 12.4 Å². The fourth-order valence-electron chi connectivity index (χ4n) is 5.81. The highest BCUT2D eigenvalue weighted by molar-refractivity contribution is 6.02. The Kier molecular flexibility index (Phi) is 3.13. The zero-order chi connectivity index (χ0) is 17.2. The van der Waals surface area contributed by atoms with Crippen LogP contribution < -0.4 is 5.32 Å². The van der Waals surface area contributed by atoms with Gasteiger partial charge in [0.1, 0.15) is 11.1 Å². The third-order valence-electron chi connectivity index (χ3n) is 6.65. The molecular formula is C18H22N4O3. The largest absolute Gasteiger partial charge is 0.478 e. The lowest BCUT2D eigenvalue weighted by Crippen LogP contribution is -2.59. The predicted octanol–water partition coefficient (Wildman–Crippen LogP) is 2.66. The number of H-pyrrole nitrogens is 1. The molecule has 7 heteroatoms. The number of nitrogens with one attached hydrogen (secondary N) is 2. The van der Waals surface area contributed by atoms with Crippen LogP contribution >= 0.6 is 0 Å². The van der Waals surface area contributed by atoms with Gasteiger partial charge in [0, 0.05) is 19.3 Å². The molecule has 25 heavy (non-hydrogen) atoms. The van der Waals surface area contributed by atoms with Crippen LogP contribution in [0, 0.1) is 17.8 Å². The van der Waals surface area contributed by atoms with E-state index >= 15 is 0 Å². The molecule has 0 aliphatic heterocycles. The van der Waals surface area contributed by atoms with Crippen LogP contribution in [0.5, 0.6) is 0 Å². The van der Waals surface area contributed by atoms with Gasteiger partial charge >= 0.3 is 5.97 Å². The van der Waals surface area contributed by atoms with Crippen LogP contribution in [-0.2, 0) is 4.74 Å². The Hall–Kier alpha value is -2.15. The number of pyridine rings is 1. The number of nitrogens with zero attached hydrogens (tertiary/aromatic N) is 2. The third kappa shape index (κ3) is 2.18. The van der Waals surface area contributed by atoms with Crippen LogP contribution in [0.25, 0.3) is 11.2 Å². The summed E-state index contributed by atoms with van der Waals surface area (Å²) in [7, 11) is 1.84. The Morgan fingerprint density at radius 1 is 1.32 bits per heavy atom.